The van der Waals surface area contributed by atoms with E-state index >= 15 is 0 Å². The van der Waals surface area contributed by atoms with Crippen molar-refractivity contribution in [3.05, 3.63) is 57.8 Å². The van der Waals surface area contributed by atoms with Gasteiger partial charge < -0.3 is 4.74 Å². The van der Waals surface area contributed by atoms with E-state index in [2.05, 4.69) is 15.9 Å². The van der Waals surface area contributed by atoms with Gasteiger partial charge in [0.15, 0.2) is 0 Å². The zero-order valence-electron chi connectivity index (χ0n) is 9.71. The lowest BCUT2D eigenvalue weighted by atomic mass is 10.2. The Balaban J connectivity index is 2.36. The van der Waals surface area contributed by atoms with Crippen LogP contribution in [-0.4, -0.2) is 0 Å². The molecule has 4 heteroatoms. The minimum absolute atomic E-state index is 0.319. The Kier molecular flexibility index (Phi) is 4.25. The molecule has 2 rings (SSSR count). The minimum Gasteiger partial charge on any atom is -0.457 e. The van der Waals surface area contributed by atoms with Crippen LogP contribution in [0.4, 0.5) is 4.39 Å². The van der Waals surface area contributed by atoms with Crippen LogP contribution in [0.5, 0.6) is 11.5 Å². The molecule has 0 unspecified atom stereocenters. The van der Waals surface area contributed by atoms with Crippen molar-refractivity contribution >= 4 is 27.5 Å². The Morgan fingerprint density at radius 2 is 1.94 bits per heavy atom. The van der Waals surface area contributed by atoms with Crippen LogP contribution in [0.2, 0.25) is 0 Å². The second-order valence-corrected chi connectivity index (χ2v) is 5.08. The van der Waals surface area contributed by atoms with Gasteiger partial charge in [-0.2, -0.15) is 0 Å². The summed E-state index contributed by atoms with van der Waals surface area (Å²) in [5.74, 6) is 1.16. The third-order valence-electron chi connectivity index (χ3n) is 2.54. The molecule has 0 fully saturated rings. The van der Waals surface area contributed by atoms with Crippen molar-refractivity contribution in [2.45, 2.75) is 12.8 Å². The first-order valence-corrected chi connectivity index (χ1v) is 6.71. The van der Waals surface area contributed by atoms with Gasteiger partial charge >= 0.3 is 0 Å². The van der Waals surface area contributed by atoms with Crippen LogP contribution in [0.3, 0.4) is 0 Å². The number of hydrogen-bond acceptors (Lipinski definition) is 1. The van der Waals surface area contributed by atoms with E-state index in [1.54, 1.807) is 6.07 Å². The number of rotatable bonds is 3. The van der Waals surface area contributed by atoms with Crippen molar-refractivity contribution in [3.63, 3.8) is 0 Å². The SMILES string of the molecule is Cc1ccc(F)cc1Oc1ccc(Br)cc1CCl. The van der Waals surface area contributed by atoms with Gasteiger partial charge in [-0.25, -0.2) is 4.39 Å². The van der Waals surface area contributed by atoms with Crippen LogP contribution in [-0.2, 0) is 5.88 Å². The molecule has 0 bridgehead atoms. The highest BCUT2D eigenvalue weighted by atomic mass is 79.9. The average Bonchev–Trinajstić information content (AvgIpc) is 2.36. The molecule has 0 aliphatic carbocycles. The lowest BCUT2D eigenvalue weighted by Crippen LogP contribution is -1.92. The van der Waals surface area contributed by atoms with Crippen molar-refractivity contribution in [2.24, 2.45) is 0 Å². The van der Waals surface area contributed by atoms with Crippen LogP contribution in [0, 0.1) is 12.7 Å². The molecule has 0 spiro atoms. The molecule has 0 saturated carbocycles. The molecule has 0 aliphatic rings. The normalized spacial score (nSPS) is 10.4. The lowest BCUT2D eigenvalue weighted by Gasteiger charge is -2.12. The number of alkyl halides is 1. The predicted octanol–water partition coefficient (Wildman–Crippen LogP) is 5.43. The number of hydrogen-bond donors (Lipinski definition) is 0. The molecular formula is C14H11BrClFO. The molecule has 0 radical (unpaired) electrons. The summed E-state index contributed by atoms with van der Waals surface area (Å²) < 4.78 is 19.8. The van der Waals surface area contributed by atoms with Crippen LogP contribution < -0.4 is 4.74 Å². The Bertz CT molecular complexity index is 572. The van der Waals surface area contributed by atoms with Crippen molar-refractivity contribution in [2.75, 3.05) is 0 Å². The minimum atomic E-state index is -0.319. The highest BCUT2D eigenvalue weighted by Crippen LogP contribution is 2.31. The average molecular weight is 330 g/mol. The number of ether oxygens (including phenoxy) is 1. The molecule has 0 amide bonds. The summed E-state index contributed by atoms with van der Waals surface area (Å²) in [6.07, 6.45) is 0. The zero-order chi connectivity index (χ0) is 13.1. The van der Waals surface area contributed by atoms with Gasteiger partial charge in [-0.05, 0) is 36.8 Å². The molecule has 2 aromatic carbocycles. The Hall–Kier alpha value is -1.06. The Morgan fingerprint density at radius 3 is 2.67 bits per heavy atom. The summed E-state index contributed by atoms with van der Waals surface area (Å²) in [4.78, 5) is 0. The zero-order valence-corrected chi connectivity index (χ0v) is 12.1. The first-order chi connectivity index (χ1) is 8.60. The van der Waals surface area contributed by atoms with Crippen LogP contribution >= 0.6 is 27.5 Å². The fourth-order valence-corrected chi connectivity index (χ4v) is 2.17. The molecule has 94 valence electrons. The maximum Gasteiger partial charge on any atom is 0.133 e. The highest BCUT2D eigenvalue weighted by molar-refractivity contribution is 9.10. The van der Waals surface area contributed by atoms with Gasteiger partial charge in [0.1, 0.15) is 17.3 Å². The van der Waals surface area contributed by atoms with E-state index in [1.165, 1.54) is 12.1 Å². The van der Waals surface area contributed by atoms with E-state index in [1.807, 2.05) is 25.1 Å². The molecule has 2 aromatic rings. The molecule has 0 saturated heterocycles. The number of halogens is 3. The molecular weight excluding hydrogens is 319 g/mol. The first-order valence-electron chi connectivity index (χ1n) is 5.38. The van der Waals surface area contributed by atoms with Crippen LogP contribution in [0.25, 0.3) is 0 Å². The molecule has 0 aliphatic heterocycles. The van der Waals surface area contributed by atoms with Crippen LogP contribution in [0.15, 0.2) is 40.9 Å². The van der Waals surface area contributed by atoms with Gasteiger partial charge in [0, 0.05) is 16.1 Å². The molecule has 1 nitrogen and oxygen atoms in total. The molecule has 0 atom stereocenters. The summed E-state index contributed by atoms with van der Waals surface area (Å²) in [5.41, 5.74) is 1.73. The van der Waals surface area contributed by atoms with Gasteiger partial charge in [-0.1, -0.05) is 22.0 Å². The van der Waals surface area contributed by atoms with Crippen molar-refractivity contribution in [3.8, 4) is 11.5 Å². The van der Waals surface area contributed by atoms with Gasteiger partial charge in [0.2, 0.25) is 0 Å². The van der Waals surface area contributed by atoms with Gasteiger partial charge in [0.25, 0.3) is 0 Å². The van der Waals surface area contributed by atoms with Crippen molar-refractivity contribution in [1.29, 1.82) is 0 Å². The summed E-state index contributed by atoms with van der Waals surface area (Å²) in [6, 6.07) is 10.0. The third-order valence-corrected chi connectivity index (χ3v) is 3.32. The molecule has 0 N–H and O–H groups in total. The molecule has 0 heterocycles. The van der Waals surface area contributed by atoms with E-state index < -0.39 is 0 Å². The second kappa shape index (κ2) is 5.72. The fourth-order valence-electron chi connectivity index (χ4n) is 1.55. The van der Waals surface area contributed by atoms with Gasteiger partial charge in [-0.3, -0.25) is 0 Å². The largest absolute Gasteiger partial charge is 0.457 e. The lowest BCUT2D eigenvalue weighted by molar-refractivity contribution is 0.469. The van der Waals surface area contributed by atoms with Crippen molar-refractivity contribution < 1.29 is 9.13 Å². The quantitative estimate of drug-likeness (QED) is 0.682. The van der Waals surface area contributed by atoms with Crippen LogP contribution in [0.1, 0.15) is 11.1 Å². The second-order valence-electron chi connectivity index (χ2n) is 3.90. The predicted molar refractivity (Wildman–Crippen MR) is 74.9 cm³/mol. The summed E-state index contributed by atoms with van der Waals surface area (Å²) in [5, 5.41) is 0. The maximum absolute atomic E-state index is 13.2. The van der Waals surface area contributed by atoms with E-state index in [4.69, 9.17) is 16.3 Å². The standard InChI is InChI=1S/C14H11BrClFO/c1-9-2-4-12(17)7-14(9)18-13-5-3-11(15)6-10(13)8-16/h2-7H,8H2,1H3. The monoisotopic (exact) mass is 328 g/mol. The first kappa shape index (κ1) is 13.4. The number of benzene rings is 2. The van der Waals surface area contributed by atoms with Gasteiger partial charge in [-0.15, -0.1) is 11.6 Å². The maximum atomic E-state index is 13.2. The topological polar surface area (TPSA) is 9.23 Å². The Morgan fingerprint density at radius 1 is 1.17 bits per heavy atom. The van der Waals surface area contributed by atoms with E-state index in [0.717, 1.165) is 15.6 Å². The summed E-state index contributed by atoms with van der Waals surface area (Å²) in [7, 11) is 0. The van der Waals surface area contributed by atoms with E-state index in [0.29, 0.717) is 17.4 Å². The van der Waals surface area contributed by atoms with E-state index in [9.17, 15) is 4.39 Å². The summed E-state index contributed by atoms with van der Waals surface area (Å²) >= 11 is 9.24. The Labute approximate surface area is 119 Å². The van der Waals surface area contributed by atoms with E-state index in [-0.39, 0.29) is 5.82 Å². The molecule has 0 aromatic heterocycles. The van der Waals surface area contributed by atoms with Crippen molar-refractivity contribution in [1.82, 2.24) is 0 Å². The molecule has 18 heavy (non-hydrogen) atoms. The highest BCUT2D eigenvalue weighted by Gasteiger charge is 2.08. The fraction of sp³-hybridized carbons (Fsp3) is 0.143. The van der Waals surface area contributed by atoms with Gasteiger partial charge in [0.05, 0.1) is 5.88 Å². The number of aryl methyl sites for hydroxylation is 1. The smallest absolute Gasteiger partial charge is 0.133 e. The third kappa shape index (κ3) is 3.03. The summed E-state index contributed by atoms with van der Waals surface area (Å²) in [6.45, 7) is 1.87.